The van der Waals surface area contributed by atoms with E-state index in [2.05, 4.69) is 63.9 Å². The van der Waals surface area contributed by atoms with Gasteiger partial charge in [0.1, 0.15) is 0 Å². The highest BCUT2D eigenvalue weighted by molar-refractivity contribution is 7.97. The highest BCUT2D eigenvalue weighted by Gasteiger charge is 2.15. The molecule has 0 aromatic heterocycles. The van der Waals surface area contributed by atoms with Crippen molar-refractivity contribution in [3.8, 4) is 0 Å². The van der Waals surface area contributed by atoms with Crippen molar-refractivity contribution in [3.05, 3.63) is 54.1 Å². The normalized spacial score (nSPS) is 15.2. The zero-order chi connectivity index (χ0) is 16.6. The first kappa shape index (κ1) is 17.2. The number of hydrogen-bond donors (Lipinski definition) is 3. The van der Waals surface area contributed by atoms with Crippen molar-refractivity contribution >= 4 is 23.3 Å². The van der Waals surface area contributed by atoms with Crippen LogP contribution in [0, 0.1) is 0 Å². The monoisotopic (exact) mass is 341 g/mol. The molecule has 3 N–H and O–H groups in total. The molecule has 0 aliphatic heterocycles. The topological polar surface area (TPSA) is 36.1 Å². The van der Waals surface area contributed by atoms with Crippen LogP contribution in [0.2, 0.25) is 0 Å². The van der Waals surface area contributed by atoms with E-state index in [4.69, 9.17) is 0 Å². The van der Waals surface area contributed by atoms with Crippen molar-refractivity contribution in [1.82, 2.24) is 4.72 Å². The number of nitrogens with one attached hydrogen (secondary N) is 3. The Morgan fingerprint density at radius 2 is 1.75 bits per heavy atom. The SMILES string of the molecule is CNSc1ccc(NC2CCCCC2)c(NCc2ccccc2)c1. The van der Waals surface area contributed by atoms with Crippen LogP contribution in [0.15, 0.2) is 53.4 Å². The van der Waals surface area contributed by atoms with Gasteiger partial charge in [0, 0.05) is 17.5 Å². The first-order valence-electron chi connectivity index (χ1n) is 8.87. The van der Waals surface area contributed by atoms with Crippen LogP contribution in [0.25, 0.3) is 0 Å². The van der Waals surface area contributed by atoms with Crippen molar-refractivity contribution in [1.29, 1.82) is 0 Å². The van der Waals surface area contributed by atoms with Gasteiger partial charge in [0.2, 0.25) is 0 Å². The maximum atomic E-state index is 3.76. The second kappa shape index (κ2) is 9.00. The summed E-state index contributed by atoms with van der Waals surface area (Å²) in [4.78, 5) is 1.22. The molecular weight excluding hydrogens is 314 g/mol. The molecule has 0 bridgehead atoms. The predicted octanol–water partition coefficient (Wildman–Crippen LogP) is 5.27. The van der Waals surface area contributed by atoms with Crippen LogP contribution < -0.4 is 15.4 Å². The molecule has 0 radical (unpaired) electrons. The minimum Gasteiger partial charge on any atom is -0.381 e. The molecule has 0 spiro atoms. The van der Waals surface area contributed by atoms with Gasteiger partial charge in [-0.05, 0) is 55.6 Å². The average Bonchev–Trinajstić information content (AvgIpc) is 2.64. The number of hydrogen-bond acceptors (Lipinski definition) is 4. The molecule has 1 aliphatic rings. The quantitative estimate of drug-likeness (QED) is 0.600. The standard InChI is InChI=1S/C20H27N3S/c1-21-24-18-12-13-19(23-17-10-6-3-7-11-17)20(14-18)22-15-16-8-4-2-5-9-16/h2,4-5,8-9,12-14,17,21-23H,3,6-7,10-11,15H2,1H3. The van der Waals surface area contributed by atoms with Gasteiger partial charge in [0.15, 0.2) is 0 Å². The summed E-state index contributed by atoms with van der Waals surface area (Å²) in [5, 5.41) is 7.38. The van der Waals surface area contributed by atoms with Crippen molar-refractivity contribution in [2.45, 2.75) is 49.6 Å². The van der Waals surface area contributed by atoms with Crippen LogP contribution in [-0.2, 0) is 6.54 Å². The molecule has 3 rings (SSSR count). The van der Waals surface area contributed by atoms with E-state index in [-0.39, 0.29) is 0 Å². The molecule has 0 amide bonds. The number of rotatable bonds is 7. The second-order valence-electron chi connectivity index (χ2n) is 6.33. The molecule has 3 nitrogen and oxygen atoms in total. The van der Waals surface area contributed by atoms with E-state index < -0.39 is 0 Å². The predicted molar refractivity (Wildman–Crippen MR) is 106 cm³/mol. The summed E-state index contributed by atoms with van der Waals surface area (Å²) < 4.78 is 3.15. The average molecular weight is 342 g/mol. The summed E-state index contributed by atoms with van der Waals surface area (Å²) in [5.74, 6) is 0. The fraction of sp³-hybridized carbons (Fsp3) is 0.400. The molecule has 4 heteroatoms. The first-order valence-corrected chi connectivity index (χ1v) is 9.69. The van der Waals surface area contributed by atoms with Gasteiger partial charge in [0.25, 0.3) is 0 Å². The number of benzene rings is 2. The van der Waals surface area contributed by atoms with Gasteiger partial charge in [0.05, 0.1) is 11.4 Å². The maximum absolute atomic E-state index is 3.76. The maximum Gasteiger partial charge on any atom is 0.0590 e. The molecule has 0 unspecified atom stereocenters. The molecule has 1 aliphatic carbocycles. The van der Waals surface area contributed by atoms with Crippen LogP contribution in [0.4, 0.5) is 11.4 Å². The van der Waals surface area contributed by atoms with Crippen molar-refractivity contribution in [2.75, 3.05) is 17.7 Å². The minimum absolute atomic E-state index is 0.610. The summed E-state index contributed by atoms with van der Waals surface area (Å²) in [6, 6.07) is 17.8. The van der Waals surface area contributed by atoms with Gasteiger partial charge in [-0.2, -0.15) is 0 Å². The lowest BCUT2D eigenvalue weighted by Crippen LogP contribution is -2.22. The van der Waals surface area contributed by atoms with E-state index in [1.54, 1.807) is 11.9 Å². The molecule has 2 aromatic rings. The Bertz CT molecular complexity index is 624. The lowest BCUT2D eigenvalue weighted by Gasteiger charge is -2.25. The van der Waals surface area contributed by atoms with E-state index in [1.165, 1.54) is 53.9 Å². The minimum atomic E-state index is 0.610. The van der Waals surface area contributed by atoms with Gasteiger partial charge >= 0.3 is 0 Å². The summed E-state index contributed by atoms with van der Waals surface area (Å²) in [7, 11) is 1.95. The molecule has 0 heterocycles. The van der Waals surface area contributed by atoms with Crippen LogP contribution in [0.1, 0.15) is 37.7 Å². The zero-order valence-electron chi connectivity index (χ0n) is 14.3. The van der Waals surface area contributed by atoms with Crippen molar-refractivity contribution in [3.63, 3.8) is 0 Å². The molecule has 1 saturated carbocycles. The van der Waals surface area contributed by atoms with Gasteiger partial charge in [-0.1, -0.05) is 49.6 Å². The van der Waals surface area contributed by atoms with Crippen LogP contribution in [-0.4, -0.2) is 13.1 Å². The fourth-order valence-electron chi connectivity index (χ4n) is 3.24. The van der Waals surface area contributed by atoms with Crippen molar-refractivity contribution < 1.29 is 0 Å². The Kier molecular flexibility index (Phi) is 6.44. The Hall–Kier alpha value is -1.65. The van der Waals surface area contributed by atoms with E-state index in [9.17, 15) is 0 Å². The summed E-state index contributed by atoms with van der Waals surface area (Å²) in [5.41, 5.74) is 3.70. The fourth-order valence-corrected chi connectivity index (χ4v) is 3.79. The van der Waals surface area contributed by atoms with E-state index in [0.29, 0.717) is 6.04 Å². The smallest absolute Gasteiger partial charge is 0.0590 e. The Morgan fingerprint density at radius 1 is 0.958 bits per heavy atom. The van der Waals surface area contributed by atoms with E-state index in [1.807, 2.05) is 7.05 Å². The third-order valence-electron chi connectivity index (χ3n) is 4.50. The summed E-state index contributed by atoms with van der Waals surface area (Å²) >= 11 is 1.65. The lowest BCUT2D eigenvalue weighted by molar-refractivity contribution is 0.463. The van der Waals surface area contributed by atoms with Gasteiger partial charge in [-0.3, -0.25) is 4.72 Å². The summed E-state index contributed by atoms with van der Waals surface area (Å²) in [6.07, 6.45) is 6.64. The third kappa shape index (κ3) is 4.92. The highest BCUT2D eigenvalue weighted by Crippen LogP contribution is 2.30. The van der Waals surface area contributed by atoms with Gasteiger partial charge in [-0.25, -0.2) is 0 Å². The highest BCUT2D eigenvalue weighted by atomic mass is 32.2. The van der Waals surface area contributed by atoms with Crippen LogP contribution in [0.5, 0.6) is 0 Å². The number of anilines is 2. The lowest BCUT2D eigenvalue weighted by atomic mass is 9.95. The third-order valence-corrected chi connectivity index (χ3v) is 5.20. The Balaban J connectivity index is 1.73. The molecule has 1 fully saturated rings. The van der Waals surface area contributed by atoms with Crippen LogP contribution in [0.3, 0.4) is 0 Å². The van der Waals surface area contributed by atoms with Crippen molar-refractivity contribution in [2.24, 2.45) is 0 Å². The zero-order valence-corrected chi connectivity index (χ0v) is 15.2. The second-order valence-corrected chi connectivity index (χ2v) is 7.42. The molecule has 2 aromatic carbocycles. The van der Waals surface area contributed by atoms with Crippen LogP contribution >= 0.6 is 11.9 Å². The van der Waals surface area contributed by atoms with Gasteiger partial charge < -0.3 is 10.6 Å². The van der Waals surface area contributed by atoms with Gasteiger partial charge in [-0.15, -0.1) is 0 Å². The molecule has 0 saturated heterocycles. The Morgan fingerprint density at radius 3 is 2.50 bits per heavy atom. The molecule has 24 heavy (non-hydrogen) atoms. The first-order chi connectivity index (χ1) is 11.8. The van der Waals surface area contributed by atoms with E-state index >= 15 is 0 Å². The molecule has 128 valence electrons. The largest absolute Gasteiger partial charge is 0.381 e. The molecular formula is C20H27N3S. The van der Waals surface area contributed by atoms with E-state index in [0.717, 1.165) is 6.54 Å². The Labute approximate surface area is 149 Å². The molecule has 0 atom stereocenters. The summed E-state index contributed by atoms with van der Waals surface area (Å²) in [6.45, 7) is 0.841.